The molecule has 124 valence electrons. The molecule has 4 heteroatoms. The molecule has 1 atom stereocenters. The number of aromatic nitrogens is 2. The minimum Gasteiger partial charge on any atom is -0.338 e. The molecule has 2 aromatic carbocycles. The molecule has 1 aromatic heterocycles. The average Bonchev–Trinajstić information content (AvgIpc) is 3.05. The standard InChI is InChI=1S/C20H21ClN2O/c1-13(2)12-15-4-6-16(7-5-15)14(3)20-22-19(23-24-20)17-8-10-18(21)11-9-17/h4-11,13-14H,12H2,1-3H3/t14-/m1/s1. The van der Waals surface area contributed by atoms with Gasteiger partial charge in [-0.1, -0.05) is 54.9 Å². The van der Waals surface area contributed by atoms with Gasteiger partial charge in [0.1, 0.15) is 0 Å². The molecule has 0 unspecified atom stereocenters. The van der Waals surface area contributed by atoms with E-state index in [1.807, 2.05) is 24.3 Å². The van der Waals surface area contributed by atoms with Gasteiger partial charge in [-0.2, -0.15) is 4.98 Å². The zero-order chi connectivity index (χ0) is 17.1. The summed E-state index contributed by atoms with van der Waals surface area (Å²) in [6, 6.07) is 16.1. The summed E-state index contributed by atoms with van der Waals surface area (Å²) in [5.41, 5.74) is 3.43. The van der Waals surface area contributed by atoms with Gasteiger partial charge in [-0.3, -0.25) is 0 Å². The third-order valence-corrected chi connectivity index (χ3v) is 4.29. The van der Waals surface area contributed by atoms with Crippen molar-refractivity contribution in [2.45, 2.75) is 33.1 Å². The zero-order valence-electron chi connectivity index (χ0n) is 14.2. The summed E-state index contributed by atoms with van der Waals surface area (Å²) >= 11 is 5.91. The molecule has 0 aliphatic rings. The summed E-state index contributed by atoms with van der Waals surface area (Å²) in [4.78, 5) is 4.54. The third kappa shape index (κ3) is 3.85. The van der Waals surface area contributed by atoms with E-state index < -0.39 is 0 Å². The van der Waals surface area contributed by atoms with Crippen LogP contribution < -0.4 is 0 Å². The van der Waals surface area contributed by atoms with Gasteiger partial charge < -0.3 is 4.52 Å². The number of rotatable bonds is 5. The van der Waals surface area contributed by atoms with Crippen LogP contribution in [0.2, 0.25) is 5.02 Å². The van der Waals surface area contributed by atoms with E-state index in [4.69, 9.17) is 16.1 Å². The van der Waals surface area contributed by atoms with E-state index >= 15 is 0 Å². The molecule has 0 aliphatic heterocycles. The fourth-order valence-electron chi connectivity index (χ4n) is 2.68. The van der Waals surface area contributed by atoms with Crippen LogP contribution >= 0.6 is 11.6 Å². The first-order valence-electron chi connectivity index (χ1n) is 8.21. The molecule has 0 saturated carbocycles. The third-order valence-electron chi connectivity index (χ3n) is 4.04. The van der Waals surface area contributed by atoms with Crippen LogP contribution in [0.5, 0.6) is 0 Å². The van der Waals surface area contributed by atoms with Crippen LogP contribution in [0.15, 0.2) is 53.1 Å². The number of halogens is 1. The van der Waals surface area contributed by atoms with Crippen molar-refractivity contribution in [3.63, 3.8) is 0 Å². The first-order valence-corrected chi connectivity index (χ1v) is 8.59. The highest BCUT2D eigenvalue weighted by Crippen LogP contribution is 2.26. The summed E-state index contributed by atoms with van der Waals surface area (Å²) in [6.45, 7) is 6.54. The zero-order valence-corrected chi connectivity index (χ0v) is 14.9. The fourth-order valence-corrected chi connectivity index (χ4v) is 2.81. The maximum atomic E-state index is 5.91. The Morgan fingerprint density at radius 1 is 0.958 bits per heavy atom. The van der Waals surface area contributed by atoms with Gasteiger partial charge in [-0.15, -0.1) is 0 Å². The number of nitrogens with zero attached hydrogens (tertiary/aromatic N) is 2. The Morgan fingerprint density at radius 3 is 2.25 bits per heavy atom. The Labute approximate surface area is 147 Å². The van der Waals surface area contributed by atoms with Crippen LogP contribution in [0.1, 0.15) is 43.7 Å². The van der Waals surface area contributed by atoms with Gasteiger partial charge in [0.05, 0.1) is 5.92 Å². The van der Waals surface area contributed by atoms with E-state index in [0.717, 1.165) is 12.0 Å². The second kappa shape index (κ2) is 7.18. The lowest BCUT2D eigenvalue weighted by molar-refractivity contribution is 0.371. The van der Waals surface area contributed by atoms with Crippen LogP contribution in [0.3, 0.4) is 0 Å². The summed E-state index contributed by atoms with van der Waals surface area (Å²) < 4.78 is 5.47. The van der Waals surface area contributed by atoms with Gasteiger partial charge in [-0.05, 0) is 54.7 Å². The lowest BCUT2D eigenvalue weighted by Crippen LogP contribution is -1.98. The first-order chi connectivity index (χ1) is 11.5. The number of hydrogen-bond acceptors (Lipinski definition) is 3. The highest BCUT2D eigenvalue weighted by Gasteiger charge is 2.17. The minimum atomic E-state index is 0.0617. The van der Waals surface area contributed by atoms with Crippen molar-refractivity contribution in [3.05, 3.63) is 70.6 Å². The van der Waals surface area contributed by atoms with Crippen LogP contribution in [0, 0.1) is 5.92 Å². The molecule has 0 saturated heterocycles. The molecular formula is C20H21ClN2O. The molecule has 0 fully saturated rings. The van der Waals surface area contributed by atoms with Crippen molar-refractivity contribution < 1.29 is 4.52 Å². The van der Waals surface area contributed by atoms with Crippen molar-refractivity contribution in [3.8, 4) is 11.4 Å². The van der Waals surface area contributed by atoms with E-state index in [1.54, 1.807) is 0 Å². The second-order valence-corrected chi connectivity index (χ2v) is 6.96. The van der Waals surface area contributed by atoms with Gasteiger partial charge in [-0.25, -0.2) is 0 Å². The highest BCUT2D eigenvalue weighted by atomic mass is 35.5. The lowest BCUT2D eigenvalue weighted by atomic mass is 9.97. The predicted molar refractivity (Wildman–Crippen MR) is 97.2 cm³/mol. The Balaban J connectivity index is 1.78. The monoisotopic (exact) mass is 340 g/mol. The van der Waals surface area contributed by atoms with Crippen molar-refractivity contribution in [1.29, 1.82) is 0 Å². The normalized spacial score (nSPS) is 12.5. The molecule has 24 heavy (non-hydrogen) atoms. The number of hydrogen-bond donors (Lipinski definition) is 0. The van der Waals surface area contributed by atoms with Gasteiger partial charge in [0.15, 0.2) is 0 Å². The summed E-state index contributed by atoms with van der Waals surface area (Å²) in [7, 11) is 0. The summed E-state index contributed by atoms with van der Waals surface area (Å²) in [5.74, 6) is 1.93. The second-order valence-electron chi connectivity index (χ2n) is 6.52. The first kappa shape index (κ1) is 16.7. The molecular weight excluding hydrogens is 320 g/mol. The number of benzene rings is 2. The molecule has 3 rings (SSSR count). The summed E-state index contributed by atoms with van der Waals surface area (Å²) in [6.07, 6.45) is 1.09. The van der Waals surface area contributed by atoms with Gasteiger partial charge in [0.25, 0.3) is 0 Å². The quantitative estimate of drug-likeness (QED) is 0.594. The molecule has 0 spiro atoms. The van der Waals surface area contributed by atoms with Crippen LogP contribution in [-0.4, -0.2) is 10.1 Å². The SMILES string of the molecule is CC(C)Cc1ccc([C@@H](C)c2nc(-c3ccc(Cl)cc3)no2)cc1. The fraction of sp³-hybridized carbons (Fsp3) is 0.300. The molecule has 0 radical (unpaired) electrons. The molecule has 1 heterocycles. The molecule has 3 aromatic rings. The van der Waals surface area contributed by atoms with E-state index in [2.05, 4.69) is 55.2 Å². The molecule has 0 aliphatic carbocycles. The van der Waals surface area contributed by atoms with Gasteiger partial charge >= 0.3 is 0 Å². The molecule has 3 nitrogen and oxygen atoms in total. The van der Waals surface area contributed by atoms with Crippen molar-refractivity contribution in [2.24, 2.45) is 5.92 Å². The largest absolute Gasteiger partial charge is 0.338 e. The minimum absolute atomic E-state index is 0.0617. The van der Waals surface area contributed by atoms with Gasteiger partial charge in [0, 0.05) is 10.6 Å². The van der Waals surface area contributed by atoms with E-state index in [9.17, 15) is 0 Å². The molecule has 0 N–H and O–H groups in total. The molecule has 0 amide bonds. The Bertz CT molecular complexity index is 791. The highest BCUT2D eigenvalue weighted by molar-refractivity contribution is 6.30. The average molecular weight is 341 g/mol. The van der Waals surface area contributed by atoms with E-state index in [1.165, 1.54) is 11.1 Å². The van der Waals surface area contributed by atoms with E-state index in [-0.39, 0.29) is 5.92 Å². The predicted octanol–water partition coefficient (Wildman–Crippen LogP) is 5.74. The maximum absolute atomic E-state index is 5.91. The van der Waals surface area contributed by atoms with Crippen molar-refractivity contribution >= 4 is 11.6 Å². The Morgan fingerprint density at radius 2 is 1.62 bits per heavy atom. The Hall–Kier alpha value is -2.13. The van der Waals surface area contributed by atoms with Crippen LogP contribution in [0.25, 0.3) is 11.4 Å². The lowest BCUT2D eigenvalue weighted by Gasteiger charge is -2.09. The topological polar surface area (TPSA) is 38.9 Å². The van der Waals surface area contributed by atoms with Crippen LogP contribution in [0.4, 0.5) is 0 Å². The van der Waals surface area contributed by atoms with Crippen LogP contribution in [-0.2, 0) is 6.42 Å². The van der Waals surface area contributed by atoms with Crippen molar-refractivity contribution in [2.75, 3.05) is 0 Å². The summed E-state index contributed by atoms with van der Waals surface area (Å²) in [5, 5.41) is 4.78. The Kier molecular flexibility index (Phi) is 5.00. The van der Waals surface area contributed by atoms with Gasteiger partial charge in [0.2, 0.25) is 11.7 Å². The smallest absolute Gasteiger partial charge is 0.234 e. The molecule has 0 bridgehead atoms. The van der Waals surface area contributed by atoms with E-state index in [0.29, 0.717) is 22.7 Å². The maximum Gasteiger partial charge on any atom is 0.234 e. The van der Waals surface area contributed by atoms with Crippen molar-refractivity contribution in [1.82, 2.24) is 10.1 Å².